The first-order valence-corrected chi connectivity index (χ1v) is 11.1. The van der Waals surface area contributed by atoms with Gasteiger partial charge in [0.1, 0.15) is 12.4 Å². The van der Waals surface area contributed by atoms with Crippen LogP contribution in [-0.2, 0) is 17.8 Å². The predicted octanol–water partition coefficient (Wildman–Crippen LogP) is 1.96. The lowest BCUT2D eigenvalue weighted by Crippen LogP contribution is -2.44. The van der Waals surface area contributed by atoms with E-state index in [1.807, 2.05) is 0 Å². The second kappa shape index (κ2) is 11.6. The maximum Gasteiger partial charge on any atom is 0.224 e. The highest BCUT2D eigenvalue weighted by molar-refractivity contribution is 5.78. The first-order chi connectivity index (χ1) is 16.6. The highest BCUT2D eigenvalue weighted by Crippen LogP contribution is 2.25. The van der Waals surface area contributed by atoms with Crippen LogP contribution in [0.15, 0.2) is 48.8 Å². The fourth-order valence-electron chi connectivity index (χ4n) is 3.61. The maximum absolute atomic E-state index is 14.7. The van der Waals surface area contributed by atoms with Gasteiger partial charge in [0.05, 0.1) is 13.0 Å². The molecule has 1 amide bonds. The van der Waals surface area contributed by atoms with Crippen LogP contribution in [-0.4, -0.2) is 65.1 Å². The van der Waals surface area contributed by atoms with E-state index in [1.165, 1.54) is 18.5 Å². The fourth-order valence-corrected chi connectivity index (χ4v) is 3.61. The van der Waals surface area contributed by atoms with Crippen LogP contribution < -0.4 is 15.4 Å². The Hall–Kier alpha value is -3.50. The van der Waals surface area contributed by atoms with Crippen molar-refractivity contribution in [2.24, 2.45) is 0 Å². The molecule has 0 atom stereocenters. The number of amides is 1. The number of carbonyl (C=O) groups is 1. The fraction of sp³-hybridized carbons (Fsp3) is 0.333. The third-order valence-electron chi connectivity index (χ3n) is 5.44. The van der Waals surface area contributed by atoms with Gasteiger partial charge in [0, 0.05) is 62.8 Å². The first-order valence-electron chi connectivity index (χ1n) is 11.1. The molecule has 0 radical (unpaired) electrons. The van der Waals surface area contributed by atoms with Gasteiger partial charge in [0.2, 0.25) is 17.7 Å². The van der Waals surface area contributed by atoms with Gasteiger partial charge in [-0.05, 0) is 11.1 Å². The van der Waals surface area contributed by atoms with Crippen molar-refractivity contribution >= 4 is 5.91 Å². The summed E-state index contributed by atoms with van der Waals surface area (Å²) in [6, 6.07) is 9.42. The summed E-state index contributed by atoms with van der Waals surface area (Å²) in [5.74, 6) is -0.871. The molecule has 2 aromatic heterocycles. The zero-order chi connectivity index (χ0) is 23.8. The van der Waals surface area contributed by atoms with Crippen molar-refractivity contribution in [2.75, 3.05) is 39.3 Å². The second-order valence-corrected chi connectivity index (χ2v) is 7.89. The summed E-state index contributed by atoms with van der Waals surface area (Å²) < 4.78 is 33.4. The number of ether oxygens (including phenoxy) is 1. The van der Waals surface area contributed by atoms with Crippen LogP contribution in [0.2, 0.25) is 0 Å². The highest BCUT2D eigenvalue weighted by atomic mass is 19.1. The number of carbonyl (C=O) groups excluding carboxylic acids is 1. The molecule has 3 heterocycles. The van der Waals surface area contributed by atoms with Gasteiger partial charge in [-0.25, -0.2) is 19.3 Å². The first kappa shape index (κ1) is 23.7. The molecule has 0 unspecified atom stereocenters. The molecular weight excluding hydrogens is 442 g/mol. The Bertz CT molecular complexity index is 1110. The molecule has 1 fully saturated rings. The van der Waals surface area contributed by atoms with Gasteiger partial charge in [0.15, 0.2) is 5.82 Å². The molecular formula is C24H26F2N6O2. The summed E-state index contributed by atoms with van der Waals surface area (Å²) >= 11 is 0. The molecule has 1 aromatic carbocycles. The summed E-state index contributed by atoms with van der Waals surface area (Å²) in [5.41, 5.74) is 1.76. The summed E-state index contributed by atoms with van der Waals surface area (Å²) in [7, 11) is 0. The topological polar surface area (TPSA) is 92.3 Å². The van der Waals surface area contributed by atoms with E-state index in [0.717, 1.165) is 44.4 Å². The van der Waals surface area contributed by atoms with Gasteiger partial charge in [-0.3, -0.25) is 9.69 Å². The number of aromatic nitrogens is 3. The van der Waals surface area contributed by atoms with Crippen LogP contribution >= 0.6 is 0 Å². The number of hydrogen-bond donors (Lipinski definition) is 2. The zero-order valence-electron chi connectivity index (χ0n) is 18.6. The minimum absolute atomic E-state index is 0.0369. The highest BCUT2D eigenvalue weighted by Gasteiger charge is 2.12. The average Bonchev–Trinajstić information content (AvgIpc) is 2.84. The summed E-state index contributed by atoms with van der Waals surface area (Å²) in [6.45, 7) is 5.15. The number of hydrogen-bond acceptors (Lipinski definition) is 7. The van der Waals surface area contributed by atoms with E-state index in [1.54, 1.807) is 24.3 Å². The van der Waals surface area contributed by atoms with Gasteiger partial charge in [-0.1, -0.05) is 24.3 Å². The molecule has 0 aliphatic carbocycles. The number of benzene rings is 1. The van der Waals surface area contributed by atoms with Crippen LogP contribution in [0.25, 0.3) is 11.1 Å². The van der Waals surface area contributed by atoms with Gasteiger partial charge < -0.3 is 15.4 Å². The molecule has 10 heteroatoms. The Morgan fingerprint density at radius 1 is 1.12 bits per heavy atom. The van der Waals surface area contributed by atoms with Crippen LogP contribution in [0.4, 0.5) is 8.78 Å². The SMILES string of the molecule is O=C(Cc1ccc(-c2cnc(OCCN3CCNCC3)cc2F)cc1)NCc1nccc(F)n1. The van der Waals surface area contributed by atoms with Crippen LogP contribution in [0, 0.1) is 11.8 Å². The Kier molecular flexibility index (Phi) is 8.05. The normalized spacial score (nSPS) is 14.1. The van der Waals surface area contributed by atoms with Crippen LogP contribution in [0.3, 0.4) is 0 Å². The number of pyridine rings is 1. The van der Waals surface area contributed by atoms with Crippen molar-refractivity contribution in [3.63, 3.8) is 0 Å². The van der Waals surface area contributed by atoms with Crippen molar-refractivity contribution in [2.45, 2.75) is 13.0 Å². The molecule has 1 aliphatic heterocycles. The molecule has 0 spiro atoms. The third kappa shape index (κ3) is 6.75. The largest absolute Gasteiger partial charge is 0.476 e. The molecule has 3 aromatic rings. The molecule has 4 rings (SSSR count). The van der Waals surface area contributed by atoms with E-state index in [4.69, 9.17) is 4.74 Å². The van der Waals surface area contributed by atoms with Crippen molar-refractivity contribution in [1.29, 1.82) is 0 Å². The Morgan fingerprint density at radius 3 is 2.65 bits per heavy atom. The molecule has 0 saturated carbocycles. The summed E-state index contributed by atoms with van der Waals surface area (Å²) in [4.78, 5) is 26.2. The molecule has 34 heavy (non-hydrogen) atoms. The van der Waals surface area contributed by atoms with Crippen molar-refractivity contribution in [3.8, 4) is 17.0 Å². The van der Waals surface area contributed by atoms with Gasteiger partial charge >= 0.3 is 0 Å². The van der Waals surface area contributed by atoms with E-state index in [9.17, 15) is 13.6 Å². The van der Waals surface area contributed by atoms with Crippen molar-refractivity contribution in [3.05, 3.63) is 71.9 Å². The van der Waals surface area contributed by atoms with Gasteiger partial charge in [-0.15, -0.1) is 0 Å². The molecule has 1 saturated heterocycles. The van der Waals surface area contributed by atoms with E-state index in [2.05, 4.69) is 30.5 Å². The number of nitrogens with one attached hydrogen (secondary N) is 2. The molecule has 1 aliphatic rings. The predicted molar refractivity (Wildman–Crippen MR) is 122 cm³/mol. The zero-order valence-corrected chi connectivity index (χ0v) is 18.6. The standard InChI is InChI=1S/C24H26F2N6O2/c25-20-14-24(34-12-11-32-9-7-27-8-10-32)30-15-19(20)18-3-1-17(2-4-18)13-23(33)29-16-22-28-6-5-21(26)31-22/h1-6,14-15,27H,7-13,16H2,(H,29,33). The van der Waals surface area contributed by atoms with Crippen LogP contribution in [0.5, 0.6) is 5.88 Å². The van der Waals surface area contributed by atoms with Crippen LogP contribution in [0.1, 0.15) is 11.4 Å². The van der Waals surface area contributed by atoms with E-state index < -0.39 is 11.8 Å². The summed E-state index contributed by atoms with van der Waals surface area (Å²) in [5, 5.41) is 5.95. The average molecular weight is 469 g/mol. The molecule has 2 N–H and O–H groups in total. The lowest BCUT2D eigenvalue weighted by molar-refractivity contribution is -0.120. The van der Waals surface area contributed by atoms with E-state index >= 15 is 0 Å². The minimum atomic E-state index is -0.647. The molecule has 178 valence electrons. The maximum atomic E-state index is 14.7. The lowest BCUT2D eigenvalue weighted by Gasteiger charge is -2.26. The quantitative estimate of drug-likeness (QED) is 0.464. The summed E-state index contributed by atoms with van der Waals surface area (Å²) in [6.07, 6.45) is 2.87. The Balaban J connectivity index is 1.28. The molecule has 8 nitrogen and oxygen atoms in total. The number of halogens is 2. The number of rotatable bonds is 9. The smallest absolute Gasteiger partial charge is 0.224 e. The van der Waals surface area contributed by atoms with E-state index in [-0.39, 0.29) is 30.6 Å². The lowest BCUT2D eigenvalue weighted by atomic mass is 10.0. The monoisotopic (exact) mass is 468 g/mol. The molecule has 0 bridgehead atoms. The van der Waals surface area contributed by atoms with E-state index in [0.29, 0.717) is 17.7 Å². The second-order valence-electron chi connectivity index (χ2n) is 7.89. The van der Waals surface area contributed by atoms with Crippen molar-refractivity contribution in [1.82, 2.24) is 30.5 Å². The Labute approximate surface area is 196 Å². The number of piperazine rings is 1. The third-order valence-corrected chi connectivity index (χ3v) is 5.44. The Morgan fingerprint density at radius 2 is 1.91 bits per heavy atom. The number of nitrogens with zero attached hydrogens (tertiary/aromatic N) is 4. The van der Waals surface area contributed by atoms with Crippen molar-refractivity contribution < 1.29 is 18.3 Å². The van der Waals surface area contributed by atoms with Gasteiger partial charge in [-0.2, -0.15) is 4.39 Å². The minimum Gasteiger partial charge on any atom is -0.476 e. The van der Waals surface area contributed by atoms with Gasteiger partial charge in [0.25, 0.3) is 0 Å².